The van der Waals surface area contributed by atoms with Gasteiger partial charge in [-0.3, -0.25) is 19.3 Å². The molecule has 1 fully saturated rings. The van der Waals surface area contributed by atoms with Crippen molar-refractivity contribution in [2.75, 3.05) is 13.1 Å². The molecule has 9 heteroatoms. The van der Waals surface area contributed by atoms with Gasteiger partial charge in [0.25, 0.3) is 17.1 Å². The van der Waals surface area contributed by atoms with E-state index in [1.807, 2.05) is 36.7 Å². The SMILES string of the molecule is Cc1cc(C)n(-c2ccc(C(=O)NCCN3C(=O)S/C(=C/c4ccc(Cl)cc4)C3=O)cc2)n1. The van der Waals surface area contributed by atoms with Gasteiger partial charge >= 0.3 is 0 Å². The summed E-state index contributed by atoms with van der Waals surface area (Å²) < 4.78 is 1.81. The Bertz CT molecular complexity index is 1250. The lowest BCUT2D eigenvalue weighted by Crippen LogP contribution is -2.37. The van der Waals surface area contributed by atoms with Gasteiger partial charge in [-0.15, -0.1) is 0 Å². The minimum Gasteiger partial charge on any atom is -0.350 e. The first-order valence-corrected chi connectivity index (χ1v) is 11.4. The van der Waals surface area contributed by atoms with Crippen LogP contribution in [0.2, 0.25) is 5.02 Å². The first kappa shape index (κ1) is 22.8. The molecule has 1 aliphatic rings. The van der Waals surface area contributed by atoms with Crippen molar-refractivity contribution >= 4 is 46.5 Å². The Morgan fingerprint density at radius 3 is 2.42 bits per heavy atom. The van der Waals surface area contributed by atoms with Crippen LogP contribution in [0.15, 0.2) is 59.5 Å². The second-order valence-electron chi connectivity index (χ2n) is 7.53. The Morgan fingerprint density at radius 2 is 1.79 bits per heavy atom. The van der Waals surface area contributed by atoms with Gasteiger partial charge in [0.15, 0.2) is 0 Å². The van der Waals surface area contributed by atoms with E-state index in [1.165, 1.54) is 0 Å². The molecule has 2 aromatic carbocycles. The summed E-state index contributed by atoms with van der Waals surface area (Å²) in [5.74, 6) is -0.651. The predicted octanol–water partition coefficient (Wildman–Crippen LogP) is 4.61. The quantitative estimate of drug-likeness (QED) is 0.521. The Morgan fingerprint density at radius 1 is 1.09 bits per heavy atom. The van der Waals surface area contributed by atoms with Crippen LogP contribution in [-0.2, 0) is 4.79 Å². The Kier molecular flexibility index (Phi) is 6.67. The predicted molar refractivity (Wildman–Crippen MR) is 130 cm³/mol. The van der Waals surface area contributed by atoms with Gasteiger partial charge in [-0.25, -0.2) is 4.68 Å². The lowest BCUT2D eigenvalue weighted by atomic mass is 10.2. The molecule has 0 bridgehead atoms. The van der Waals surface area contributed by atoms with E-state index >= 15 is 0 Å². The number of aromatic nitrogens is 2. The van der Waals surface area contributed by atoms with Crippen LogP contribution in [0.1, 0.15) is 27.3 Å². The van der Waals surface area contributed by atoms with Crippen molar-refractivity contribution in [1.82, 2.24) is 20.0 Å². The smallest absolute Gasteiger partial charge is 0.293 e. The fourth-order valence-corrected chi connectivity index (χ4v) is 4.42. The van der Waals surface area contributed by atoms with Crippen molar-refractivity contribution in [2.24, 2.45) is 0 Å². The zero-order valence-electron chi connectivity index (χ0n) is 18.0. The van der Waals surface area contributed by atoms with Gasteiger partial charge in [0.05, 0.1) is 16.3 Å². The summed E-state index contributed by atoms with van der Waals surface area (Å²) in [5.41, 5.74) is 4.05. The number of thioether (sulfide) groups is 1. The van der Waals surface area contributed by atoms with E-state index in [0.717, 1.165) is 39.3 Å². The second kappa shape index (κ2) is 9.64. The normalized spacial score (nSPS) is 14.9. The lowest BCUT2D eigenvalue weighted by Gasteiger charge is -2.13. The maximum Gasteiger partial charge on any atom is 0.293 e. The van der Waals surface area contributed by atoms with Gasteiger partial charge < -0.3 is 5.32 Å². The zero-order valence-corrected chi connectivity index (χ0v) is 19.6. The summed E-state index contributed by atoms with van der Waals surface area (Å²) in [5, 5.41) is 7.43. The number of hydrogen-bond acceptors (Lipinski definition) is 5. The molecule has 4 rings (SSSR count). The molecule has 1 saturated heterocycles. The molecule has 1 N–H and O–H groups in total. The Hall–Kier alpha value is -3.36. The number of aryl methyl sites for hydroxylation is 2. The van der Waals surface area contributed by atoms with Crippen molar-refractivity contribution in [1.29, 1.82) is 0 Å². The number of halogens is 1. The summed E-state index contributed by atoms with van der Waals surface area (Å²) in [7, 11) is 0. The van der Waals surface area contributed by atoms with Gasteiger partial charge in [-0.1, -0.05) is 23.7 Å². The fourth-order valence-electron chi connectivity index (χ4n) is 3.43. The highest BCUT2D eigenvalue weighted by Crippen LogP contribution is 2.32. The van der Waals surface area contributed by atoms with Crippen LogP contribution in [0.3, 0.4) is 0 Å². The molecule has 0 spiro atoms. The third kappa shape index (κ3) is 5.18. The van der Waals surface area contributed by atoms with E-state index in [-0.39, 0.29) is 30.1 Å². The fraction of sp³-hybridized carbons (Fsp3) is 0.167. The third-order valence-corrected chi connectivity index (χ3v) is 6.21. The van der Waals surface area contributed by atoms with Gasteiger partial charge in [-0.2, -0.15) is 5.10 Å². The van der Waals surface area contributed by atoms with Gasteiger partial charge in [0.2, 0.25) is 0 Å². The number of imide groups is 1. The van der Waals surface area contributed by atoms with Gasteiger partial charge in [-0.05, 0) is 79.7 Å². The summed E-state index contributed by atoms with van der Waals surface area (Å²) in [6.45, 7) is 4.15. The molecule has 3 amide bonds. The number of amides is 3. The molecular formula is C24H21ClN4O3S. The van der Waals surface area contributed by atoms with E-state index in [0.29, 0.717) is 15.5 Å². The number of benzene rings is 2. The third-order valence-electron chi connectivity index (χ3n) is 5.05. The van der Waals surface area contributed by atoms with Crippen LogP contribution in [0, 0.1) is 13.8 Å². The number of carbonyl (C=O) groups is 3. The summed E-state index contributed by atoms with van der Waals surface area (Å²) in [6.07, 6.45) is 1.66. The number of nitrogens with zero attached hydrogens (tertiary/aromatic N) is 3. The van der Waals surface area contributed by atoms with Crippen LogP contribution < -0.4 is 5.32 Å². The minimum atomic E-state index is -0.372. The largest absolute Gasteiger partial charge is 0.350 e. The highest BCUT2D eigenvalue weighted by molar-refractivity contribution is 8.18. The summed E-state index contributed by atoms with van der Waals surface area (Å²) in [6, 6.07) is 16.1. The van der Waals surface area contributed by atoms with Crippen molar-refractivity contribution in [3.63, 3.8) is 0 Å². The van der Waals surface area contributed by atoms with E-state index in [4.69, 9.17) is 11.6 Å². The topological polar surface area (TPSA) is 84.3 Å². The van der Waals surface area contributed by atoms with Crippen LogP contribution in [-0.4, -0.2) is 44.8 Å². The highest BCUT2D eigenvalue weighted by atomic mass is 35.5. The molecule has 2 heterocycles. The van der Waals surface area contributed by atoms with Crippen molar-refractivity contribution in [3.05, 3.63) is 87.0 Å². The average Bonchev–Trinajstić information content (AvgIpc) is 3.27. The standard InChI is InChI=1S/C24H21ClN4O3S/c1-15-13-16(2)29(27-15)20-9-5-18(6-10-20)22(30)26-11-12-28-23(31)21(33-24(28)32)14-17-3-7-19(25)8-4-17/h3-10,13-14H,11-12H2,1-2H3,(H,26,30)/b21-14+. The molecule has 0 saturated carbocycles. The molecular weight excluding hydrogens is 460 g/mol. The maximum atomic E-state index is 12.6. The number of nitrogens with one attached hydrogen (secondary N) is 1. The molecule has 168 valence electrons. The second-order valence-corrected chi connectivity index (χ2v) is 8.96. The zero-order chi connectivity index (χ0) is 23.5. The minimum absolute atomic E-state index is 0.0954. The van der Waals surface area contributed by atoms with Crippen LogP contribution in [0.5, 0.6) is 0 Å². The van der Waals surface area contributed by atoms with Crippen molar-refractivity contribution in [2.45, 2.75) is 13.8 Å². The van der Waals surface area contributed by atoms with E-state index in [1.54, 1.807) is 42.5 Å². The van der Waals surface area contributed by atoms with Crippen molar-refractivity contribution < 1.29 is 14.4 Å². The van der Waals surface area contributed by atoms with E-state index in [9.17, 15) is 14.4 Å². The summed E-state index contributed by atoms with van der Waals surface area (Å²) in [4.78, 5) is 38.8. The Labute approximate surface area is 200 Å². The lowest BCUT2D eigenvalue weighted by molar-refractivity contribution is -0.122. The van der Waals surface area contributed by atoms with E-state index in [2.05, 4.69) is 10.4 Å². The number of rotatable bonds is 6. The molecule has 33 heavy (non-hydrogen) atoms. The Balaban J connectivity index is 1.33. The average molecular weight is 481 g/mol. The van der Waals surface area contributed by atoms with E-state index < -0.39 is 0 Å². The molecule has 0 atom stereocenters. The molecule has 0 unspecified atom stereocenters. The molecule has 0 aliphatic carbocycles. The number of hydrogen-bond donors (Lipinski definition) is 1. The van der Waals surface area contributed by atoms with Crippen LogP contribution >= 0.6 is 23.4 Å². The van der Waals surface area contributed by atoms with Gasteiger partial charge in [0, 0.05) is 29.4 Å². The highest BCUT2D eigenvalue weighted by Gasteiger charge is 2.34. The molecule has 7 nitrogen and oxygen atoms in total. The monoisotopic (exact) mass is 480 g/mol. The molecule has 3 aromatic rings. The first-order chi connectivity index (χ1) is 15.8. The first-order valence-electron chi connectivity index (χ1n) is 10.2. The molecule has 1 aromatic heterocycles. The molecule has 0 radical (unpaired) electrons. The van der Waals surface area contributed by atoms with Crippen molar-refractivity contribution in [3.8, 4) is 5.69 Å². The summed E-state index contributed by atoms with van der Waals surface area (Å²) >= 11 is 6.76. The van der Waals surface area contributed by atoms with Crippen LogP contribution in [0.4, 0.5) is 4.79 Å². The van der Waals surface area contributed by atoms with Gasteiger partial charge in [0.1, 0.15) is 0 Å². The van der Waals surface area contributed by atoms with Crippen LogP contribution in [0.25, 0.3) is 11.8 Å². The molecule has 1 aliphatic heterocycles. The maximum absolute atomic E-state index is 12.6. The number of carbonyl (C=O) groups excluding carboxylic acids is 3.